The molecule has 2 amide bonds. The molecular weight excluding hydrogens is 439 g/mol. The van der Waals surface area contributed by atoms with Gasteiger partial charge in [-0.2, -0.15) is 5.10 Å². The lowest BCUT2D eigenvalue weighted by Gasteiger charge is -2.42. The maximum Gasteiger partial charge on any atom is 0.243 e. The van der Waals surface area contributed by atoms with Gasteiger partial charge in [0.25, 0.3) is 0 Å². The van der Waals surface area contributed by atoms with E-state index in [1.165, 1.54) is 12.1 Å². The molecule has 3 aliphatic rings. The first-order chi connectivity index (χ1) is 16.3. The number of amides is 2. The van der Waals surface area contributed by atoms with Crippen molar-refractivity contribution in [2.75, 3.05) is 24.5 Å². The number of halogens is 1. The third kappa shape index (κ3) is 4.16. The van der Waals surface area contributed by atoms with Crippen molar-refractivity contribution in [3.8, 4) is 11.1 Å². The highest BCUT2D eigenvalue weighted by atomic mass is 19.1. The highest BCUT2D eigenvalue weighted by Crippen LogP contribution is 2.45. The number of nitrogens with zero attached hydrogens (tertiary/aromatic N) is 3. The van der Waals surface area contributed by atoms with Gasteiger partial charge in [0.15, 0.2) is 6.35 Å². The van der Waals surface area contributed by atoms with E-state index in [1.807, 2.05) is 24.8 Å². The van der Waals surface area contributed by atoms with E-state index in [4.69, 9.17) is 0 Å². The Hall–Kier alpha value is -2.98. The van der Waals surface area contributed by atoms with Gasteiger partial charge >= 0.3 is 0 Å². The number of benzene rings is 1. The van der Waals surface area contributed by atoms with E-state index in [9.17, 15) is 19.1 Å². The minimum Gasteiger partial charge on any atom is -0.365 e. The first kappa shape index (κ1) is 22.8. The molecule has 4 atom stereocenters. The molecule has 2 aliphatic heterocycles. The molecule has 1 saturated carbocycles. The zero-order chi connectivity index (χ0) is 24.0. The summed E-state index contributed by atoms with van der Waals surface area (Å²) in [5, 5.41) is 22.2. The van der Waals surface area contributed by atoms with E-state index < -0.39 is 11.9 Å². The number of hydrogen-bond donors (Lipinski definition) is 4. The van der Waals surface area contributed by atoms with Crippen LogP contribution in [0.25, 0.3) is 11.1 Å². The minimum absolute atomic E-state index is 0.000781. The molecule has 4 N–H and O–H groups in total. The van der Waals surface area contributed by atoms with Crippen molar-refractivity contribution in [3.05, 3.63) is 36.4 Å². The molecule has 9 nitrogen and oxygen atoms in total. The van der Waals surface area contributed by atoms with Crippen molar-refractivity contribution in [2.24, 2.45) is 11.8 Å². The maximum absolute atomic E-state index is 14.4. The second-order valence-electron chi connectivity index (χ2n) is 9.88. The van der Waals surface area contributed by atoms with Gasteiger partial charge in [0.1, 0.15) is 11.4 Å². The molecule has 5 rings (SSSR count). The summed E-state index contributed by atoms with van der Waals surface area (Å²) in [6.45, 7) is 5.50. The van der Waals surface area contributed by atoms with Crippen LogP contribution in [0.5, 0.6) is 0 Å². The van der Waals surface area contributed by atoms with Crippen molar-refractivity contribution in [3.63, 3.8) is 0 Å². The summed E-state index contributed by atoms with van der Waals surface area (Å²) in [6, 6.07) is 4.95. The third-order valence-electron chi connectivity index (χ3n) is 7.38. The van der Waals surface area contributed by atoms with Gasteiger partial charge in [-0.05, 0) is 55.9 Å². The number of carbonyl (C=O) groups is 2. The van der Waals surface area contributed by atoms with Gasteiger partial charge in [-0.3, -0.25) is 20.0 Å². The quantitative estimate of drug-likeness (QED) is 0.508. The summed E-state index contributed by atoms with van der Waals surface area (Å²) in [6.07, 6.45) is 4.50. The lowest BCUT2D eigenvalue weighted by molar-refractivity contribution is -0.137. The second kappa shape index (κ2) is 8.66. The molecule has 3 heterocycles. The van der Waals surface area contributed by atoms with Crippen LogP contribution in [-0.4, -0.2) is 69.6 Å². The maximum atomic E-state index is 14.4. The van der Waals surface area contributed by atoms with E-state index in [-0.39, 0.29) is 35.5 Å². The number of nitrogens with one attached hydrogen (secondary N) is 3. The van der Waals surface area contributed by atoms with Crippen LogP contribution < -0.4 is 15.5 Å². The van der Waals surface area contributed by atoms with E-state index in [0.29, 0.717) is 26.1 Å². The van der Waals surface area contributed by atoms with Crippen molar-refractivity contribution in [1.29, 1.82) is 0 Å². The number of hydrogen-bond acceptors (Lipinski definition) is 6. The van der Waals surface area contributed by atoms with Gasteiger partial charge in [-0.25, -0.2) is 4.39 Å². The van der Waals surface area contributed by atoms with E-state index in [0.717, 1.165) is 29.7 Å². The molecule has 10 heteroatoms. The molecular formula is C24H31FN6O3. The number of aliphatic hydroxyl groups excluding tert-OH is 1. The van der Waals surface area contributed by atoms with Crippen LogP contribution in [0, 0.1) is 17.7 Å². The largest absolute Gasteiger partial charge is 0.365 e. The molecule has 182 valence electrons. The zero-order valence-corrected chi connectivity index (χ0v) is 19.4. The number of anilines is 1. The van der Waals surface area contributed by atoms with Gasteiger partial charge in [0, 0.05) is 49.0 Å². The minimum atomic E-state index is -1.07. The standard InChI is InChI=1S/C24H31FN6O3/c1-14(10-24(18-3-4-18)22(33)28-23(34)29-24)21(32)30-5-6-31(15(2)13-30)20-8-16(7-19(25)9-20)17-11-26-27-12-17/h7-9,11-12,14-15,18,23,29,34H,3-6,10,13H2,1-2H3,(H,26,27)(H,28,33)/t14-,15-,23?,24-/m0/s1. The molecule has 1 unspecified atom stereocenters. The average Bonchev–Trinajstić information content (AvgIpc) is 3.43. The number of rotatable bonds is 6. The molecule has 1 aromatic heterocycles. The highest BCUT2D eigenvalue weighted by molar-refractivity contribution is 5.90. The number of aromatic amines is 1. The number of aromatic nitrogens is 2. The van der Waals surface area contributed by atoms with Crippen molar-refractivity contribution in [2.45, 2.75) is 51.0 Å². The van der Waals surface area contributed by atoms with Gasteiger partial charge in [0.2, 0.25) is 11.8 Å². The fraction of sp³-hybridized carbons (Fsp3) is 0.542. The monoisotopic (exact) mass is 470 g/mol. The fourth-order valence-electron chi connectivity index (χ4n) is 5.53. The first-order valence-electron chi connectivity index (χ1n) is 11.9. The molecule has 3 fully saturated rings. The number of carbonyl (C=O) groups excluding carboxylic acids is 2. The molecule has 2 saturated heterocycles. The first-order valence-corrected chi connectivity index (χ1v) is 11.9. The Balaban J connectivity index is 1.26. The summed E-state index contributed by atoms with van der Waals surface area (Å²) < 4.78 is 14.4. The van der Waals surface area contributed by atoms with Gasteiger partial charge in [0.05, 0.1) is 6.20 Å². The van der Waals surface area contributed by atoms with Gasteiger partial charge < -0.3 is 20.2 Å². The zero-order valence-electron chi connectivity index (χ0n) is 19.4. The van der Waals surface area contributed by atoms with Crippen LogP contribution in [0.15, 0.2) is 30.6 Å². The predicted octanol–water partition coefficient (Wildman–Crippen LogP) is 1.42. The second-order valence-corrected chi connectivity index (χ2v) is 9.88. The highest BCUT2D eigenvalue weighted by Gasteiger charge is 2.56. The Bertz CT molecular complexity index is 1070. The van der Waals surface area contributed by atoms with Crippen LogP contribution >= 0.6 is 0 Å². The Morgan fingerprint density at radius 2 is 2.09 bits per heavy atom. The normalized spacial score (nSPS) is 28.2. The molecule has 0 spiro atoms. The lowest BCUT2D eigenvalue weighted by Crippen LogP contribution is -2.56. The van der Waals surface area contributed by atoms with Crippen LogP contribution in [-0.2, 0) is 9.59 Å². The van der Waals surface area contributed by atoms with Crippen LogP contribution in [0.3, 0.4) is 0 Å². The third-order valence-corrected chi connectivity index (χ3v) is 7.38. The predicted molar refractivity (Wildman–Crippen MR) is 124 cm³/mol. The Kier molecular flexibility index (Phi) is 5.81. The topological polar surface area (TPSA) is 114 Å². The Labute approximate surface area is 197 Å². The molecule has 0 radical (unpaired) electrons. The molecule has 0 bridgehead atoms. The fourth-order valence-corrected chi connectivity index (χ4v) is 5.53. The van der Waals surface area contributed by atoms with Crippen LogP contribution in [0.2, 0.25) is 0 Å². The van der Waals surface area contributed by atoms with E-state index in [1.54, 1.807) is 12.4 Å². The summed E-state index contributed by atoms with van der Waals surface area (Å²) in [7, 11) is 0. The van der Waals surface area contributed by atoms with Crippen LogP contribution in [0.1, 0.15) is 33.1 Å². The molecule has 2 aromatic rings. The summed E-state index contributed by atoms with van der Waals surface area (Å²) in [5.41, 5.74) is 1.46. The van der Waals surface area contributed by atoms with Gasteiger partial charge in [-0.15, -0.1) is 0 Å². The number of piperazine rings is 1. The molecule has 1 aliphatic carbocycles. The smallest absolute Gasteiger partial charge is 0.243 e. The Morgan fingerprint density at radius 1 is 1.29 bits per heavy atom. The summed E-state index contributed by atoms with van der Waals surface area (Å²) in [5.74, 6) is -0.763. The van der Waals surface area contributed by atoms with Gasteiger partial charge in [-0.1, -0.05) is 6.92 Å². The van der Waals surface area contributed by atoms with Crippen molar-refractivity contribution < 1.29 is 19.1 Å². The average molecular weight is 471 g/mol. The van der Waals surface area contributed by atoms with Crippen LogP contribution in [0.4, 0.5) is 10.1 Å². The summed E-state index contributed by atoms with van der Waals surface area (Å²) >= 11 is 0. The number of aliphatic hydroxyl groups is 1. The molecule has 1 aromatic carbocycles. The number of H-pyrrole nitrogens is 1. The lowest BCUT2D eigenvalue weighted by atomic mass is 9.83. The van der Waals surface area contributed by atoms with E-state index >= 15 is 0 Å². The summed E-state index contributed by atoms with van der Waals surface area (Å²) in [4.78, 5) is 29.9. The Morgan fingerprint density at radius 3 is 2.71 bits per heavy atom. The van der Waals surface area contributed by atoms with E-state index in [2.05, 4.69) is 25.7 Å². The SMILES string of the molecule is C[C@@H](C[C@@]1(C2CC2)NC(O)NC1=O)C(=O)N1CCN(c2cc(F)cc(-c3cn[nH]c3)c2)[C@@H](C)C1. The molecule has 34 heavy (non-hydrogen) atoms. The van der Waals surface area contributed by atoms with Crippen molar-refractivity contribution >= 4 is 17.5 Å². The van der Waals surface area contributed by atoms with Crippen molar-refractivity contribution in [1.82, 2.24) is 25.7 Å².